The van der Waals surface area contributed by atoms with Gasteiger partial charge in [-0.15, -0.1) is 0 Å². The molecule has 0 unspecified atom stereocenters. The molecule has 0 amide bonds. The zero-order valence-electron chi connectivity index (χ0n) is 11.4. The van der Waals surface area contributed by atoms with Gasteiger partial charge in [-0.05, 0) is 37.6 Å². The van der Waals surface area contributed by atoms with E-state index >= 15 is 0 Å². The first-order valence-corrected chi connectivity index (χ1v) is 6.22. The number of benzene rings is 2. The third-order valence-electron chi connectivity index (χ3n) is 2.89. The van der Waals surface area contributed by atoms with Crippen LogP contribution in [0.3, 0.4) is 0 Å². The summed E-state index contributed by atoms with van der Waals surface area (Å²) in [5.41, 5.74) is 3.16. The lowest BCUT2D eigenvalue weighted by Gasteiger charge is -2.09. The highest BCUT2D eigenvalue weighted by Gasteiger charge is 2.10. The van der Waals surface area contributed by atoms with Crippen molar-refractivity contribution in [3.8, 4) is 11.5 Å². The van der Waals surface area contributed by atoms with Gasteiger partial charge in [0.2, 0.25) is 0 Å². The second-order valence-corrected chi connectivity index (χ2v) is 4.77. The number of carboxylic acids is 1. The summed E-state index contributed by atoms with van der Waals surface area (Å²) in [5.74, 6) is -1.03. The standard InChI is InChI=1S/C16H16O4/c1-10-5-11(2)7-12(6-10)9-20-13-3-4-15(17)14(8-13)16(18)19/h3-8,17H,9H2,1-2H3,(H,18,19). The topological polar surface area (TPSA) is 66.8 Å². The first kappa shape index (κ1) is 13.9. The van der Waals surface area contributed by atoms with Crippen molar-refractivity contribution < 1.29 is 19.7 Å². The molecule has 0 fully saturated rings. The summed E-state index contributed by atoms with van der Waals surface area (Å²) in [6, 6.07) is 10.3. The molecule has 2 rings (SSSR count). The van der Waals surface area contributed by atoms with Crippen LogP contribution in [0, 0.1) is 13.8 Å². The molecule has 4 heteroatoms. The fourth-order valence-electron chi connectivity index (χ4n) is 2.10. The van der Waals surface area contributed by atoms with Crippen molar-refractivity contribution in [2.75, 3.05) is 0 Å². The van der Waals surface area contributed by atoms with Crippen LogP contribution in [0.1, 0.15) is 27.0 Å². The Balaban J connectivity index is 2.14. The number of rotatable bonds is 4. The summed E-state index contributed by atoms with van der Waals surface area (Å²) in [7, 11) is 0. The monoisotopic (exact) mass is 272 g/mol. The van der Waals surface area contributed by atoms with E-state index in [1.807, 2.05) is 26.0 Å². The van der Waals surface area contributed by atoms with Gasteiger partial charge in [-0.1, -0.05) is 29.3 Å². The lowest BCUT2D eigenvalue weighted by atomic mass is 10.1. The average molecular weight is 272 g/mol. The van der Waals surface area contributed by atoms with Crippen LogP contribution in [-0.2, 0) is 6.61 Å². The number of carboxylic acid groups (broad SMARTS) is 1. The van der Waals surface area contributed by atoms with Crippen LogP contribution < -0.4 is 4.74 Å². The Labute approximate surface area is 117 Å². The van der Waals surface area contributed by atoms with Crippen molar-refractivity contribution in [3.05, 3.63) is 58.7 Å². The minimum Gasteiger partial charge on any atom is -0.507 e. The molecule has 104 valence electrons. The van der Waals surface area contributed by atoms with Gasteiger partial charge in [0.15, 0.2) is 0 Å². The zero-order valence-corrected chi connectivity index (χ0v) is 11.4. The fraction of sp³-hybridized carbons (Fsp3) is 0.188. The third-order valence-corrected chi connectivity index (χ3v) is 2.89. The molecular weight excluding hydrogens is 256 g/mol. The van der Waals surface area contributed by atoms with E-state index in [0.717, 1.165) is 16.7 Å². The molecule has 4 nitrogen and oxygen atoms in total. The minimum atomic E-state index is -1.18. The van der Waals surface area contributed by atoms with Crippen molar-refractivity contribution in [2.45, 2.75) is 20.5 Å². The Morgan fingerprint density at radius 1 is 1.10 bits per heavy atom. The van der Waals surface area contributed by atoms with E-state index in [0.29, 0.717) is 12.4 Å². The molecule has 2 aromatic carbocycles. The van der Waals surface area contributed by atoms with E-state index in [9.17, 15) is 9.90 Å². The van der Waals surface area contributed by atoms with E-state index in [2.05, 4.69) is 6.07 Å². The van der Waals surface area contributed by atoms with Gasteiger partial charge in [0.25, 0.3) is 0 Å². The van der Waals surface area contributed by atoms with E-state index < -0.39 is 5.97 Å². The van der Waals surface area contributed by atoms with Crippen LogP contribution in [-0.4, -0.2) is 16.2 Å². The van der Waals surface area contributed by atoms with Gasteiger partial charge in [-0.25, -0.2) is 4.79 Å². The maximum absolute atomic E-state index is 10.9. The Morgan fingerprint density at radius 3 is 2.35 bits per heavy atom. The SMILES string of the molecule is Cc1cc(C)cc(COc2ccc(O)c(C(=O)O)c2)c1. The van der Waals surface area contributed by atoms with Crippen molar-refractivity contribution in [1.82, 2.24) is 0 Å². The Bertz CT molecular complexity index is 627. The number of aromatic carboxylic acids is 1. The molecule has 0 saturated heterocycles. The third kappa shape index (κ3) is 3.29. The highest BCUT2D eigenvalue weighted by atomic mass is 16.5. The normalized spacial score (nSPS) is 10.3. The van der Waals surface area contributed by atoms with Crippen LogP contribution in [0.25, 0.3) is 0 Å². The predicted molar refractivity (Wildman–Crippen MR) is 75.3 cm³/mol. The lowest BCUT2D eigenvalue weighted by Crippen LogP contribution is -2.00. The summed E-state index contributed by atoms with van der Waals surface area (Å²) < 4.78 is 5.57. The summed E-state index contributed by atoms with van der Waals surface area (Å²) in [5, 5.41) is 18.4. The summed E-state index contributed by atoms with van der Waals surface area (Å²) in [6.45, 7) is 4.38. The minimum absolute atomic E-state index is 0.164. The van der Waals surface area contributed by atoms with E-state index in [-0.39, 0.29) is 11.3 Å². The molecule has 2 N–H and O–H groups in total. The van der Waals surface area contributed by atoms with Gasteiger partial charge in [0, 0.05) is 0 Å². The Hall–Kier alpha value is -2.49. The molecule has 0 aliphatic carbocycles. The lowest BCUT2D eigenvalue weighted by molar-refractivity contribution is 0.0693. The summed E-state index contributed by atoms with van der Waals surface area (Å²) in [4.78, 5) is 10.9. The quantitative estimate of drug-likeness (QED) is 0.896. The van der Waals surface area contributed by atoms with E-state index in [4.69, 9.17) is 9.84 Å². The summed E-state index contributed by atoms with van der Waals surface area (Å²) >= 11 is 0. The van der Waals surface area contributed by atoms with Gasteiger partial charge in [0.1, 0.15) is 23.7 Å². The average Bonchev–Trinajstić information content (AvgIpc) is 2.36. The molecule has 0 heterocycles. The van der Waals surface area contributed by atoms with Gasteiger partial charge in [-0.2, -0.15) is 0 Å². The number of carbonyl (C=O) groups is 1. The predicted octanol–water partition coefficient (Wildman–Crippen LogP) is 3.29. The van der Waals surface area contributed by atoms with Crippen LogP contribution >= 0.6 is 0 Å². The second kappa shape index (κ2) is 5.65. The highest BCUT2D eigenvalue weighted by molar-refractivity contribution is 5.91. The van der Waals surface area contributed by atoms with Crippen LogP contribution in [0.5, 0.6) is 11.5 Å². The molecular formula is C16H16O4. The van der Waals surface area contributed by atoms with Crippen LogP contribution in [0.4, 0.5) is 0 Å². The number of aromatic hydroxyl groups is 1. The van der Waals surface area contributed by atoms with Crippen molar-refractivity contribution in [2.24, 2.45) is 0 Å². The fourth-order valence-corrected chi connectivity index (χ4v) is 2.10. The smallest absolute Gasteiger partial charge is 0.339 e. The van der Waals surface area contributed by atoms with Crippen LogP contribution in [0.2, 0.25) is 0 Å². The number of hydrogen-bond donors (Lipinski definition) is 2. The number of phenols is 1. The molecule has 20 heavy (non-hydrogen) atoms. The van der Waals surface area contributed by atoms with Crippen LogP contribution in [0.15, 0.2) is 36.4 Å². The first-order chi connectivity index (χ1) is 9.45. The maximum atomic E-state index is 10.9. The highest BCUT2D eigenvalue weighted by Crippen LogP contribution is 2.23. The number of aryl methyl sites for hydroxylation is 2. The molecule has 0 aliphatic heterocycles. The Morgan fingerprint density at radius 2 is 1.75 bits per heavy atom. The largest absolute Gasteiger partial charge is 0.507 e. The molecule has 2 aromatic rings. The van der Waals surface area contributed by atoms with Gasteiger partial charge in [-0.3, -0.25) is 0 Å². The molecule has 0 aliphatic rings. The summed E-state index contributed by atoms with van der Waals surface area (Å²) in [6.07, 6.45) is 0. The second-order valence-electron chi connectivity index (χ2n) is 4.77. The van der Waals surface area contributed by atoms with Crippen molar-refractivity contribution >= 4 is 5.97 Å². The Kier molecular flexibility index (Phi) is 3.94. The number of hydrogen-bond acceptors (Lipinski definition) is 3. The first-order valence-electron chi connectivity index (χ1n) is 6.22. The van der Waals surface area contributed by atoms with Crippen molar-refractivity contribution in [3.63, 3.8) is 0 Å². The number of ether oxygens (including phenoxy) is 1. The van der Waals surface area contributed by atoms with Gasteiger partial charge in [0.05, 0.1) is 0 Å². The molecule has 0 spiro atoms. The van der Waals surface area contributed by atoms with Gasteiger partial charge < -0.3 is 14.9 Å². The van der Waals surface area contributed by atoms with E-state index in [1.54, 1.807) is 6.07 Å². The molecule has 0 bridgehead atoms. The molecule has 0 saturated carbocycles. The molecule has 0 radical (unpaired) electrons. The maximum Gasteiger partial charge on any atom is 0.339 e. The van der Waals surface area contributed by atoms with Crippen molar-refractivity contribution in [1.29, 1.82) is 0 Å². The van der Waals surface area contributed by atoms with E-state index in [1.165, 1.54) is 12.1 Å². The molecule has 0 aromatic heterocycles. The van der Waals surface area contributed by atoms with Gasteiger partial charge >= 0.3 is 5.97 Å². The zero-order chi connectivity index (χ0) is 14.7. The molecule has 0 atom stereocenters.